The summed E-state index contributed by atoms with van der Waals surface area (Å²) in [5.41, 5.74) is 0. The molecule has 1 amide bonds. The first-order valence-corrected chi connectivity index (χ1v) is 24.9. The Balaban J connectivity index is 2.05. The minimum atomic E-state index is -1.55. The molecule has 0 aliphatic carbocycles. The predicted octanol–water partition coefficient (Wildman–Crippen LogP) is 10.9. The predicted molar refractivity (Wildman–Crippen MR) is 240 cm³/mol. The second-order valence-electron chi connectivity index (χ2n) is 17.6. The molecule has 0 saturated carbocycles. The SMILES string of the molecule is CCCCCCCCCC/C=C\CCCCCCCCCCCCCCCCCCCC(=O)NC(COC1OC(CO)C(O)C(O)C1O)C(O)CCCCCCCC. The van der Waals surface area contributed by atoms with E-state index in [0.29, 0.717) is 12.8 Å². The van der Waals surface area contributed by atoms with Gasteiger partial charge in [-0.15, -0.1) is 0 Å². The first kappa shape index (κ1) is 54.9. The van der Waals surface area contributed by atoms with Crippen LogP contribution in [0.3, 0.4) is 0 Å². The minimum Gasteiger partial charge on any atom is -0.394 e. The van der Waals surface area contributed by atoms with E-state index in [2.05, 4.69) is 31.3 Å². The Morgan fingerprint density at radius 3 is 1.40 bits per heavy atom. The highest BCUT2D eigenvalue weighted by atomic mass is 16.7. The molecule has 9 heteroatoms. The molecular weight excluding hydrogens is 731 g/mol. The van der Waals surface area contributed by atoms with E-state index in [4.69, 9.17) is 9.47 Å². The third-order valence-electron chi connectivity index (χ3n) is 12.1. The highest BCUT2D eigenvalue weighted by molar-refractivity contribution is 5.76. The number of hydrogen-bond donors (Lipinski definition) is 6. The van der Waals surface area contributed by atoms with Crippen molar-refractivity contribution in [1.82, 2.24) is 5.32 Å². The van der Waals surface area contributed by atoms with Crippen molar-refractivity contribution in [3.63, 3.8) is 0 Å². The quantitative estimate of drug-likeness (QED) is 0.0263. The van der Waals surface area contributed by atoms with E-state index >= 15 is 0 Å². The number of nitrogens with one attached hydrogen (secondary N) is 1. The minimum absolute atomic E-state index is 0.136. The standard InChI is InChI=1S/C49H95NO8/c1-3-5-7-9-11-12-13-14-15-16-17-18-19-20-21-22-23-24-25-26-27-28-29-30-31-32-33-35-37-39-45(53)50-42(43(52)38-36-34-10-8-6-4-2)41-57-49-48(56)47(55)46(54)44(40-51)58-49/h16-17,42-44,46-49,51-52,54-56H,3-15,18-41H2,1-2H3,(H,50,53)/b17-16-. The van der Waals surface area contributed by atoms with Gasteiger partial charge in [0.25, 0.3) is 0 Å². The smallest absolute Gasteiger partial charge is 0.220 e. The largest absolute Gasteiger partial charge is 0.394 e. The van der Waals surface area contributed by atoms with E-state index in [0.717, 1.165) is 38.5 Å². The van der Waals surface area contributed by atoms with Gasteiger partial charge in [0.05, 0.1) is 25.4 Å². The summed E-state index contributed by atoms with van der Waals surface area (Å²) in [4.78, 5) is 12.9. The molecule has 1 rings (SSSR count). The monoisotopic (exact) mass is 826 g/mol. The first-order valence-electron chi connectivity index (χ1n) is 24.9. The van der Waals surface area contributed by atoms with Crippen LogP contribution in [0, 0.1) is 0 Å². The fourth-order valence-corrected chi connectivity index (χ4v) is 8.10. The maximum Gasteiger partial charge on any atom is 0.220 e. The normalized spacial score (nSPS) is 20.8. The van der Waals surface area contributed by atoms with Crippen LogP contribution in [0.25, 0.3) is 0 Å². The lowest BCUT2D eigenvalue weighted by Gasteiger charge is -2.40. The Morgan fingerprint density at radius 1 is 0.569 bits per heavy atom. The average Bonchev–Trinajstić information content (AvgIpc) is 3.22. The van der Waals surface area contributed by atoms with Crippen LogP contribution in [0.4, 0.5) is 0 Å². The molecule has 0 spiro atoms. The Morgan fingerprint density at radius 2 is 0.966 bits per heavy atom. The lowest BCUT2D eigenvalue weighted by Crippen LogP contribution is -2.60. The number of carbonyl (C=O) groups is 1. The Bertz CT molecular complexity index is 919. The summed E-state index contributed by atoms with van der Waals surface area (Å²) in [6.07, 6.45) is 40.0. The molecule has 0 bridgehead atoms. The summed E-state index contributed by atoms with van der Waals surface area (Å²) < 4.78 is 11.2. The van der Waals surface area contributed by atoms with Crippen molar-refractivity contribution in [2.24, 2.45) is 0 Å². The molecule has 1 fully saturated rings. The molecule has 7 atom stereocenters. The van der Waals surface area contributed by atoms with Crippen molar-refractivity contribution >= 4 is 5.91 Å². The molecule has 344 valence electrons. The molecular formula is C49H95NO8. The number of hydrogen-bond acceptors (Lipinski definition) is 8. The van der Waals surface area contributed by atoms with E-state index in [9.17, 15) is 30.3 Å². The molecule has 0 aromatic heterocycles. The molecule has 7 unspecified atom stereocenters. The van der Waals surface area contributed by atoms with Gasteiger partial charge in [-0.3, -0.25) is 4.79 Å². The summed E-state index contributed by atoms with van der Waals surface area (Å²) >= 11 is 0. The molecule has 1 heterocycles. The van der Waals surface area contributed by atoms with E-state index in [1.807, 2.05) is 0 Å². The number of ether oxygens (including phenoxy) is 2. The maximum absolute atomic E-state index is 12.9. The number of unbranched alkanes of at least 4 members (excludes halogenated alkanes) is 30. The van der Waals surface area contributed by atoms with Crippen LogP contribution in [-0.2, 0) is 14.3 Å². The Kier molecular flexibility index (Phi) is 37.9. The Hall–Kier alpha value is -1.07. The zero-order valence-corrected chi connectivity index (χ0v) is 37.8. The van der Waals surface area contributed by atoms with Gasteiger partial charge in [-0.2, -0.15) is 0 Å². The average molecular weight is 826 g/mol. The fraction of sp³-hybridized carbons (Fsp3) is 0.939. The zero-order valence-electron chi connectivity index (χ0n) is 37.8. The number of rotatable bonds is 42. The van der Waals surface area contributed by atoms with Crippen molar-refractivity contribution < 1.29 is 39.8 Å². The molecule has 1 aliphatic rings. The number of aliphatic hydroxyl groups is 5. The van der Waals surface area contributed by atoms with Gasteiger partial charge in [0.1, 0.15) is 24.4 Å². The van der Waals surface area contributed by atoms with Crippen LogP contribution >= 0.6 is 0 Å². The summed E-state index contributed by atoms with van der Waals surface area (Å²) in [7, 11) is 0. The molecule has 6 N–H and O–H groups in total. The molecule has 0 radical (unpaired) electrons. The second kappa shape index (κ2) is 40.0. The van der Waals surface area contributed by atoms with Gasteiger partial charge in [0, 0.05) is 6.42 Å². The molecule has 58 heavy (non-hydrogen) atoms. The highest BCUT2D eigenvalue weighted by Crippen LogP contribution is 2.23. The van der Waals surface area contributed by atoms with Crippen LogP contribution in [0.2, 0.25) is 0 Å². The number of amides is 1. The Labute approximate surface area is 356 Å². The van der Waals surface area contributed by atoms with E-state index in [-0.39, 0.29) is 12.5 Å². The van der Waals surface area contributed by atoms with Crippen LogP contribution in [0.1, 0.15) is 239 Å². The third-order valence-corrected chi connectivity index (χ3v) is 12.1. The van der Waals surface area contributed by atoms with Crippen LogP contribution < -0.4 is 5.32 Å². The number of carbonyl (C=O) groups excluding carboxylic acids is 1. The van der Waals surface area contributed by atoms with Gasteiger partial charge in [-0.25, -0.2) is 0 Å². The van der Waals surface area contributed by atoms with Gasteiger partial charge in [-0.1, -0.05) is 206 Å². The van der Waals surface area contributed by atoms with Crippen molar-refractivity contribution in [2.45, 2.75) is 281 Å². The topological polar surface area (TPSA) is 149 Å². The fourth-order valence-electron chi connectivity index (χ4n) is 8.10. The van der Waals surface area contributed by atoms with Crippen molar-refractivity contribution in [1.29, 1.82) is 0 Å². The first-order chi connectivity index (χ1) is 28.3. The van der Waals surface area contributed by atoms with Crippen LogP contribution in [0.15, 0.2) is 12.2 Å². The van der Waals surface area contributed by atoms with E-state index in [1.165, 1.54) is 173 Å². The van der Waals surface area contributed by atoms with Crippen molar-refractivity contribution in [3.8, 4) is 0 Å². The lowest BCUT2D eigenvalue weighted by atomic mass is 9.99. The summed E-state index contributed by atoms with van der Waals surface area (Å²) in [6.45, 7) is 3.78. The zero-order chi connectivity index (χ0) is 42.3. The summed E-state index contributed by atoms with van der Waals surface area (Å²) in [6, 6.07) is -0.711. The van der Waals surface area contributed by atoms with E-state index < -0.39 is 49.5 Å². The molecule has 9 nitrogen and oxygen atoms in total. The van der Waals surface area contributed by atoms with Gasteiger partial charge in [-0.05, 0) is 38.5 Å². The summed E-state index contributed by atoms with van der Waals surface area (Å²) in [5, 5.41) is 54.0. The molecule has 0 aromatic rings. The van der Waals surface area contributed by atoms with Gasteiger partial charge < -0.3 is 40.3 Å². The molecule has 1 saturated heterocycles. The third kappa shape index (κ3) is 30.0. The van der Waals surface area contributed by atoms with Crippen LogP contribution in [-0.4, -0.2) is 87.5 Å². The van der Waals surface area contributed by atoms with Gasteiger partial charge in [0.2, 0.25) is 5.91 Å². The molecule has 0 aromatic carbocycles. The van der Waals surface area contributed by atoms with Gasteiger partial charge in [0.15, 0.2) is 6.29 Å². The van der Waals surface area contributed by atoms with Crippen molar-refractivity contribution in [3.05, 3.63) is 12.2 Å². The maximum atomic E-state index is 12.9. The van der Waals surface area contributed by atoms with Crippen molar-refractivity contribution in [2.75, 3.05) is 13.2 Å². The second-order valence-corrected chi connectivity index (χ2v) is 17.6. The highest BCUT2D eigenvalue weighted by Gasteiger charge is 2.44. The lowest BCUT2D eigenvalue weighted by molar-refractivity contribution is -0.302. The number of allylic oxidation sites excluding steroid dienone is 2. The molecule has 1 aliphatic heterocycles. The van der Waals surface area contributed by atoms with E-state index in [1.54, 1.807) is 0 Å². The van der Waals surface area contributed by atoms with Crippen LogP contribution in [0.5, 0.6) is 0 Å². The number of aliphatic hydroxyl groups excluding tert-OH is 5. The van der Waals surface area contributed by atoms with Gasteiger partial charge >= 0.3 is 0 Å². The summed E-state index contributed by atoms with van der Waals surface area (Å²) in [5.74, 6) is -0.146.